The highest BCUT2D eigenvalue weighted by atomic mass is 32.1. The Morgan fingerprint density at radius 2 is 1.76 bits per heavy atom. The van der Waals surface area contributed by atoms with Gasteiger partial charge in [-0.1, -0.05) is 54.6 Å². The fraction of sp³-hybridized carbons (Fsp3) is 0.200. The van der Waals surface area contributed by atoms with Crippen LogP contribution < -0.4 is 14.8 Å². The van der Waals surface area contributed by atoms with Crippen LogP contribution in [0, 0.1) is 0 Å². The molecule has 0 saturated carbocycles. The van der Waals surface area contributed by atoms with Crippen LogP contribution in [0.2, 0.25) is 0 Å². The summed E-state index contributed by atoms with van der Waals surface area (Å²) in [6.45, 7) is 2.89. The largest absolute Gasteiger partial charge is 0.485 e. The Bertz CT molecular complexity index is 1600. The summed E-state index contributed by atoms with van der Waals surface area (Å²) >= 11 is 3.33. The highest BCUT2D eigenvalue weighted by Gasteiger charge is 2.31. The summed E-state index contributed by atoms with van der Waals surface area (Å²) in [5.74, 6) is 1.05. The van der Waals surface area contributed by atoms with Crippen LogP contribution in [-0.2, 0) is 24.3 Å². The molecule has 6 nitrogen and oxygen atoms in total. The lowest BCUT2D eigenvalue weighted by molar-refractivity contribution is -0.125. The van der Waals surface area contributed by atoms with Gasteiger partial charge in [0, 0.05) is 30.1 Å². The van der Waals surface area contributed by atoms with Crippen molar-refractivity contribution < 1.29 is 14.3 Å². The first-order chi connectivity index (χ1) is 18.7. The molecule has 3 aromatic carbocycles. The molecule has 190 valence electrons. The molecule has 0 unspecified atom stereocenters. The monoisotopic (exact) mass is 539 g/mol. The maximum absolute atomic E-state index is 13.4. The second kappa shape index (κ2) is 9.87. The lowest BCUT2D eigenvalue weighted by atomic mass is 10.0. The van der Waals surface area contributed by atoms with E-state index in [0.717, 1.165) is 51.8 Å². The van der Waals surface area contributed by atoms with Crippen LogP contribution in [0.5, 0.6) is 11.5 Å². The number of carbonyl (C=O) groups is 1. The minimum atomic E-state index is -0.721. The number of benzene rings is 3. The first-order valence-electron chi connectivity index (χ1n) is 12.7. The van der Waals surface area contributed by atoms with E-state index in [2.05, 4.69) is 46.6 Å². The van der Waals surface area contributed by atoms with E-state index < -0.39 is 6.10 Å². The van der Waals surface area contributed by atoms with Crippen LogP contribution in [-0.4, -0.2) is 35.0 Å². The Morgan fingerprint density at radius 3 is 2.63 bits per heavy atom. The van der Waals surface area contributed by atoms with E-state index in [0.29, 0.717) is 11.5 Å². The first-order valence-corrected chi connectivity index (χ1v) is 14.3. The Balaban J connectivity index is 1.21. The molecule has 7 rings (SSSR count). The van der Waals surface area contributed by atoms with E-state index in [1.54, 1.807) is 22.7 Å². The highest BCUT2D eigenvalue weighted by Crippen LogP contribution is 2.46. The zero-order valence-corrected chi connectivity index (χ0v) is 22.2. The number of ether oxygens (including phenoxy) is 2. The number of amides is 1. The number of fused-ring (bicyclic) bond motifs is 3. The number of hydrogen-bond acceptors (Lipinski definition) is 7. The number of rotatable bonds is 5. The fourth-order valence-electron chi connectivity index (χ4n) is 5.07. The molecule has 8 heteroatoms. The van der Waals surface area contributed by atoms with Crippen LogP contribution in [0.1, 0.15) is 16.0 Å². The minimum absolute atomic E-state index is 0.176. The molecule has 5 aromatic rings. The average molecular weight is 540 g/mol. The van der Waals surface area contributed by atoms with Gasteiger partial charge in [0.25, 0.3) is 5.91 Å². The van der Waals surface area contributed by atoms with Crippen molar-refractivity contribution in [1.82, 2.24) is 9.88 Å². The molecule has 0 fully saturated rings. The van der Waals surface area contributed by atoms with Gasteiger partial charge in [-0.15, -0.1) is 22.7 Å². The third kappa shape index (κ3) is 4.45. The fourth-order valence-corrected chi connectivity index (χ4v) is 7.47. The maximum Gasteiger partial charge on any atom is 0.269 e. The SMILES string of the molecule is O=C(Nc1sc2c(c1-c1nc3ccccc3s1)CCN(Cc1ccccc1)C2)[C@H]1COc2ccccc2O1. The van der Waals surface area contributed by atoms with Gasteiger partial charge in [0.05, 0.1) is 10.2 Å². The summed E-state index contributed by atoms with van der Waals surface area (Å²) in [7, 11) is 0. The van der Waals surface area contributed by atoms with Crippen molar-refractivity contribution in [3.05, 3.63) is 94.9 Å². The van der Waals surface area contributed by atoms with Gasteiger partial charge in [0.2, 0.25) is 6.10 Å². The van der Waals surface area contributed by atoms with E-state index in [1.165, 1.54) is 16.0 Å². The second-order valence-corrected chi connectivity index (χ2v) is 11.6. The molecule has 0 saturated heterocycles. The smallest absolute Gasteiger partial charge is 0.269 e. The number of thiophene rings is 1. The second-order valence-electron chi connectivity index (χ2n) is 9.49. The Labute approximate surface area is 228 Å². The molecule has 0 aliphatic carbocycles. The first kappa shape index (κ1) is 23.4. The molecular formula is C30H25N3O3S2. The molecule has 2 aromatic heterocycles. The van der Waals surface area contributed by atoms with Gasteiger partial charge < -0.3 is 14.8 Å². The van der Waals surface area contributed by atoms with Crippen molar-refractivity contribution in [2.24, 2.45) is 0 Å². The predicted molar refractivity (Wildman–Crippen MR) is 152 cm³/mol. The van der Waals surface area contributed by atoms with E-state index in [4.69, 9.17) is 14.5 Å². The lowest BCUT2D eigenvalue weighted by Crippen LogP contribution is -2.40. The molecule has 2 aliphatic rings. The summed E-state index contributed by atoms with van der Waals surface area (Å²) in [5, 5.41) is 4.98. The molecule has 2 aliphatic heterocycles. The van der Waals surface area contributed by atoms with Gasteiger partial charge in [0.1, 0.15) is 16.6 Å². The molecule has 1 atom stereocenters. The number of anilines is 1. The molecule has 1 N–H and O–H groups in total. The molecule has 0 radical (unpaired) electrons. The molecule has 4 heterocycles. The molecule has 38 heavy (non-hydrogen) atoms. The van der Waals surface area contributed by atoms with E-state index in [-0.39, 0.29) is 12.5 Å². The number of hydrogen-bond donors (Lipinski definition) is 1. The highest BCUT2D eigenvalue weighted by molar-refractivity contribution is 7.22. The van der Waals surface area contributed by atoms with Crippen molar-refractivity contribution >= 4 is 43.8 Å². The summed E-state index contributed by atoms with van der Waals surface area (Å²) in [6, 6.07) is 26.2. The van der Waals surface area contributed by atoms with E-state index >= 15 is 0 Å². The molecule has 0 spiro atoms. The van der Waals surface area contributed by atoms with Crippen LogP contribution in [0.4, 0.5) is 5.00 Å². The number of aromatic nitrogens is 1. The van der Waals surface area contributed by atoms with Crippen molar-refractivity contribution in [1.29, 1.82) is 0 Å². The number of thiazole rings is 1. The number of carbonyl (C=O) groups excluding carboxylic acids is 1. The standard InChI is InChI=1S/C30H25N3O3S2/c34-28(24-18-35-22-11-5-6-12-23(22)36-24)32-30-27(29-31-21-10-4-7-13-25(21)37-29)20-14-15-33(17-26(20)38-30)16-19-8-2-1-3-9-19/h1-13,24H,14-18H2,(H,32,34)/t24-/m1/s1. The molecular weight excluding hydrogens is 514 g/mol. The number of nitrogens with zero attached hydrogens (tertiary/aromatic N) is 2. The Kier molecular flexibility index (Phi) is 6.08. The van der Waals surface area contributed by atoms with Crippen LogP contribution in [0.15, 0.2) is 78.9 Å². The zero-order valence-electron chi connectivity index (χ0n) is 20.6. The quantitative estimate of drug-likeness (QED) is 0.282. The van der Waals surface area contributed by atoms with Gasteiger partial charge in [-0.2, -0.15) is 0 Å². The summed E-state index contributed by atoms with van der Waals surface area (Å²) in [4.78, 5) is 22.1. The summed E-state index contributed by atoms with van der Waals surface area (Å²) in [5.41, 5.74) is 4.63. The third-order valence-corrected chi connectivity index (χ3v) is 9.12. The average Bonchev–Trinajstić information content (AvgIpc) is 3.53. The van der Waals surface area contributed by atoms with Crippen molar-refractivity contribution in [3.8, 4) is 22.1 Å². The molecule has 1 amide bonds. The number of nitrogens with one attached hydrogen (secondary N) is 1. The predicted octanol–water partition coefficient (Wildman–Crippen LogP) is 6.36. The third-order valence-electron chi connectivity index (χ3n) is 6.93. The molecule has 0 bridgehead atoms. The topological polar surface area (TPSA) is 63.7 Å². The van der Waals surface area contributed by atoms with Gasteiger partial charge in [-0.05, 0) is 41.8 Å². The van der Waals surface area contributed by atoms with Crippen molar-refractivity contribution in [3.63, 3.8) is 0 Å². The van der Waals surface area contributed by atoms with E-state index in [9.17, 15) is 4.79 Å². The van der Waals surface area contributed by atoms with Crippen LogP contribution >= 0.6 is 22.7 Å². The van der Waals surface area contributed by atoms with Crippen molar-refractivity contribution in [2.75, 3.05) is 18.5 Å². The number of para-hydroxylation sites is 3. The lowest BCUT2D eigenvalue weighted by Gasteiger charge is -2.27. The normalized spacial score (nSPS) is 16.8. The van der Waals surface area contributed by atoms with Gasteiger partial charge in [-0.25, -0.2) is 4.98 Å². The maximum atomic E-state index is 13.4. The minimum Gasteiger partial charge on any atom is -0.485 e. The van der Waals surface area contributed by atoms with Gasteiger partial charge in [0.15, 0.2) is 11.5 Å². The van der Waals surface area contributed by atoms with Crippen LogP contribution in [0.3, 0.4) is 0 Å². The zero-order chi connectivity index (χ0) is 25.5. The summed E-state index contributed by atoms with van der Waals surface area (Å²) in [6.07, 6.45) is 0.192. The van der Waals surface area contributed by atoms with Gasteiger partial charge in [-0.3, -0.25) is 9.69 Å². The van der Waals surface area contributed by atoms with E-state index in [1.807, 2.05) is 42.5 Å². The van der Waals surface area contributed by atoms with Gasteiger partial charge >= 0.3 is 0 Å². The van der Waals surface area contributed by atoms with Crippen LogP contribution in [0.25, 0.3) is 20.8 Å². The Hall–Kier alpha value is -3.72. The Morgan fingerprint density at radius 1 is 0.974 bits per heavy atom. The summed E-state index contributed by atoms with van der Waals surface area (Å²) < 4.78 is 12.9. The van der Waals surface area contributed by atoms with Crippen molar-refractivity contribution in [2.45, 2.75) is 25.6 Å².